The first-order valence-electron chi connectivity index (χ1n) is 4.16. The summed E-state index contributed by atoms with van der Waals surface area (Å²) in [5.41, 5.74) is 0.383. The molecule has 1 aliphatic carbocycles. The summed E-state index contributed by atoms with van der Waals surface area (Å²) >= 11 is 0. The van der Waals surface area contributed by atoms with Gasteiger partial charge in [-0.1, -0.05) is 6.58 Å². The molecular weight excluding hydrogens is 156 g/mol. The molecule has 68 valence electrons. The molecule has 0 heterocycles. The largest absolute Gasteiger partial charge is 0.456 e. The van der Waals surface area contributed by atoms with E-state index in [9.17, 15) is 9.90 Å². The van der Waals surface area contributed by atoms with Crippen molar-refractivity contribution in [2.45, 2.75) is 38.4 Å². The number of hydrogen-bond acceptors (Lipinski definition) is 3. The molecule has 0 radical (unpaired) electrons. The Morgan fingerprint density at radius 2 is 2.25 bits per heavy atom. The molecule has 3 heteroatoms. The van der Waals surface area contributed by atoms with E-state index in [0.29, 0.717) is 5.57 Å². The Labute approximate surface area is 72.0 Å². The van der Waals surface area contributed by atoms with Crippen molar-refractivity contribution >= 4 is 5.97 Å². The quantitative estimate of drug-likeness (QED) is 0.497. The van der Waals surface area contributed by atoms with E-state index < -0.39 is 12.1 Å². The average Bonchev–Trinajstić information content (AvgIpc) is 2.36. The van der Waals surface area contributed by atoms with E-state index in [1.807, 2.05) is 0 Å². The highest BCUT2D eigenvalue weighted by molar-refractivity contribution is 5.87. The van der Waals surface area contributed by atoms with Gasteiger partial charge >= 0.3 is 5.97 Å². The lowest BCUT2D eigenvalue weighted by Gasteiger charge is -2.15. The number of aliphatic hydroxyl groups excluding tert-OH is 1. The van der Waals surface area contributed by atoms with Gasteiger partial charge in [-0.15, -0.1) is 0 Å². The SMILES string of the molecule is C=C(C)C(=O)OC1CCCC1O. The third-order valence-corrected chi connectivity index (χ3v) is 2.02. The van der Waals surface area contributed by atoms with Gasteiger partial charge in [-0.25, -0.2) is 4.79 Å². The fourth-order valence-electron chi connectivity index (χ4n) is 1.28. The predicted octanol–water partition coefficient (Wildman–Crippen LogP) is 1.02. The highest BCUT2D eigenvalue weighted by Gasteiger charge is 2.28. The van der Waals surface area contributed by atoms with E-state index in [0.717, 1.165) is 19.3 Å². The fourth-order valence-corrected chi connectivity index (χ4v) is 1.28. The molecule has 1 aliphatic rings. The molecular formula is C9H14O3. The number of aliphatic hydroxyl groups is 1. The predicted molar refractivity (Wildman–Crippen MR) is 44.6 cm³/mol. The van der Waals surface area contributed by atoms with Crippen molar-refractivity contribution in [3.63, 3.8) is 0 Å². The maximum absolute atomic E-state index is 11.0. The second-order valence-electron chi connectivity index (χ2n) is 3.22. The van der Waals surface area contributed by atoms with Gasteiger partial charge in [0.1, 0.15) is 6.10 Å². The highest BCUT2D eigenvalue weighted by Crippen LogP contribution is 2.22. The Morgan fingerprint density at radius 3 is 2.67 bits per heavy atom. The van der Waals surface area contributed by atoms with Crippen molar-refractivity contribution in [2.75, 3.05) is 0 Å². The second-order valence-corrected chi connectivity index (χ2v) is 3.22. The summed E-state index contributed by atoms with van der Waals surface area (Å²) in [7, 11) is 0. The van der Waals surface area contributed by atoms with Gasteiger partial charge < -0.3 is 9.84 Å². The lowest BCUT2D eigenvalue weighted by molar-refractivity contribution is -0.148. The van der Waals surface area contributed by atoms with Crippen molar-refractivity contribution in [2.24, 2.45) is 0 Å². The summed E-state index contributed by atoms with van der Waals surface area (Å²) in [6.45, 7) is 5.07. The van der Waals surface area contributed by atoms with Crippen LogP contribution in [0.3, 0.4) is 0 Å². The monoisotopic (exact) mass is 170 g/mol. The van der Waals surface area contributed by atoms with Crippen molar-refractivity contribution in [1.29, 1.82) is 0 Å². The minimum atomic E-state index is -0.478. The van der Waals surface area contributed by atoms with Crippen LogP contribution in [0.2, 0.25) is 0 Å². The lowest BCUT2D eigenvalue weighted by Crippen LogP contribution is -2.26. The van der Waals surface area contributed by atoms with Crippen LogP contribution < -0.4 is 0 Å². The molecule has 1 N–H and O–H groups in total. The van der Waals surface area contributed by atoms with E-state index >= 15 is 0 Å². The molecule has 0 saturated heterocycles. The number of carbonyl (C=O) groups excluding carboxylic acids is 1. The van der Waals surface area contributed by atoms with Gasteiger partial charge in [-0.2, -0.15) is 0 Å². The molecule has 1 rings (SSSR count). The van der Waals surface area contributed by atoms with E-state index in [1.165, 1.54) is 0 Å². The van der Waals surface area contributed by atoms with Gasteiger partial charge in [-0.05, 0) is 26.2 Å². The molecule has 0 aromatic rings. The molecule has 2 unspecified atom stereocenters. The summed E-state index contributed by atoms with van der Waals surface area (Å²) in [6, 6.07) is 0. The van der Waals surface area contributed by atoms with Gasteiger partial charge in [-0.3, -0.25) is 0 Å². The van der Waals surface area contributed by atoms with Gasteiger partial charge in [0.15, 0.2) is 0 Å². The smallest absolute Gasteiger partial charge is 0.333 e. The Morgan fingerprint density at radius 1 is 1.58 bits per heavy atom. The van der Waals surface area contributed by atoms with Crippen LogP contribution in [0, 0.1) is 0 Å². The van der Waals surface area contributed by atoms with Crippen LogP contribution in [-0.2, 0) is 9.53 Å². The number of esters is 1. The van der Waals surface area contributed by atoms with Crippen molar-refractivity contribution in [3.8, 4) is 0 Å². The molecule has 1 saturated carbocycles. The molecule has 3 nitrogen and oxygen atoms in total. The second kappa shape index (κ2) is 3.72. The van der Waals surface area contributed by atoms with E-state index in [-0.39, 0.29) is 6.10 Å². The van der Waals surface area contributed by atoms with Gasteiger partial charge in [0.2, 0.25) is 0 Å². The van der Waals surface area contributed by atoms with E-state index in [1.54, 1.807) is 6.92 Å². The molecule has 0 amide bonds. The minimum Gasteiger partial charge on any atom is -0.456 e. The Kier molecular flexibility index (Phi) is 2.87. The van der Waals surface area contributed by atoms with Crippen LogP contribution >= 0.6 is 0 Å². The first-order chi connectivity index (χ1) is 5.61. The molecule has 0 aromatic heterocycles. The number of ether oxygens (including phenoxy) is 1. The fraction of sp³-hybridized carbons (Fsp3) is 0.667. The zero-order valence-corrected chi connectivity index (χ0v) is 7.25. The maximum atomic E-state index is 11.0. The molecule has 12 heavy (non-hydrogen) atoms. The van der Waals surface area contributed by atoms with Crippen molar-refractivity contribution in [1.82, 2.24) is 0 Å². The topological polar surface area (TPSA) is 46.5 Å². The van der Waals surface area contributed by atoms with Crippen molar-refractivity contribution < 1.29 is 14.6 Å². The lowest BCUT2D eigenvalue weighted by atomic mass is 10.2. The number of hydrogen-bond donors (Lipinski definition) is 1. The molecule has 0 spiro atoms. The molecule has 0 bridgehead atoms. The van der Waals surface area contributed by atoms with Crippen LogP contribution in [0.5, 0.6) is 0 Å². The Bertz CT molecular complexity index is 198. The Hall–Kier alpha value is -0.830. The van der Waals surface area contributed by atoms with E-state index in [4.69, 9.17) is 4.74 Å². The third-order valence-electron chi connectivity index (χ3n) is 2.02. The first-order valence-corrected chi connectivity index (χ1v) is 4.16. The summed E-state index contributed by atoms with van der Waals surface area (Å²) in [5.74, 6) is -0.402. The zero-order valence-electron chi connectivity index (χ0n) is 7.25. The summed E-state index contributed by atoms with van der Waals surface area (Å²) < 4.78 is 5.00. The van der Waals surface area contributed by atoms with Gasteiger partial charge in [0, 0.05) is 5.57 Å². The van der Waals surface area contributed by atoms with Crippen LogP contribution in [0.15, 0.2) is 12.2 Å². The highest BCUT2D eigenvalue weighted by atomic mass is 16.6. The van der Waals surface area contributed by atoms with Crippen LogP contribution in [0.1, 0.15) is 26.2 Å². The number of rotatable bonds is 2. The molecule has 0 aliphatic heterocycles. The van der Waals surface area contributed by atoms with Crippen LogP contribution in [0.4, 0.5) is 0 Å². The first kappa shape index (κ1) is 9.26. The third kappa shape index (κ3) is 2.08. The maximum Gasteiger partial charge on any atom is 0.333 e. The zero-order chi connectivity index (χ0) is 9.14. The molecule has 2 atom stereocenters. The van der Waals surface area contributed by atoms with Crippen LogP contribution in [-0.4, -0.2) is 23.3 Å². The van der Waals surface area contributed by atoms with Crippen LogP contribution in [0.25, 0.3) is 0 Å². The number of carbonyl (C=O) groups is 1. The molecule has 0 aromatic carbocycles. The van der Waals surface area contributed by atoms with Crippen molar-refractivity contribution in [3.05, 3.63) is 12.2 Å². The van der Waals surface area contributed by atoms with Gasteiger partial charge in [0.05, 0.1) is 6.10 Å². The standard InChI is InChI=1S/C9H14O3/c1-6(2)9(11)12-8-5-3-4-7(8)10/h7-8,10H,1,3-5H2,2H3. The van der Waals surface area contributed by atoms with Gasteiger partial charge in [0.25, 0.3) is 0 Å². The minimum absolute atomic E-state index is 0.311. The molecule has 1 fully saturated rings. The average molecular weight is 170 g/mol. The summed E-state index contributed by atoms with van der Waals surface area (Å²) in [6.07, 6.45) is 1.63. The van der Waals surface area contributed by atoms with E-state index in [2.05, 4.69) is 6.58 Å². The normalized spacial score (nSPS) is 28.5. The summed E-state index contributed by atoms with van der Waals surface area (Å²) in [4.78, 5) is 11.0. The Balaban J connectivity index is 2.40. The summed E-state index contributed by atoms with van der Waals surface area (Å²) in [5, 5.41) is 9.31.